The van der Waals surface area contributed by atoms with Gasteiger partial charge in [-0.1, -0.05) is 60.7 Å². The second kappa shape index (κ2) is 18.2. The highest BCUT2D eigenvalue weighted by molar-refractivity contribution is 7.92. The van der Waals surface area contributed by atoms with E-state index < -0.39 is 16.1 Å². The Morgan fingerprint density at radius 2 is 1.44 bits per heavy atom. The smallest absolute Gasteiger partial charge is 0.229 e. The zero-order chi connectivity index (χ0) is 36.3. The number of ether oxygens (including phenoxy) is 1. The standard InChI is InChI=1S/C40H53N3O6S/c1-28(2)43(29(3)4)23-20-35(32-9-7-6-8-10-32)36-25-31(13-17-38(36)44)21-24-49-34-15-11-30(12-16-34)19-22-41-27-40(46)33-14-18-39(45)37(26-33)42-50(5,47)48/h6-18,25-26,28-29,35,40-42,44-46H,19-24,27H2,1-5H3/t35-,40?/m1/s1. The van der Waals surface area contributed by atoms with Crippen LogP contribution < -0.4 is 14.8 Å². The molecule has 4 aromatic carbocycles. The summed E-state index contributed by atoms with van der Waals surface area (Å²) >= 11 is 0. The molecular formula is C40H53N3O6S. The van der Waals surface area contributed by atoms with Crippen molar-refractivity contribution in [3.05, 3.63) is 119 Å². The number of aliphatic hydroxyl groups is 1. The van der Waals surface area contributed by atoms with Crippen LogP contribution in [0.1, 0.15) is 74.0 Å². The van der Waals surface area contributed by atoms with Crippen LogP contribution in [0, 0.1) is 0 Å². The van der Waals surface area contributed by atoms with Gasteiger partial charge in [0.05, 0.1) is 24.7 Å². The summed E-state index contributed by atoms with van der Waals surface area (Å²) in [5, 5.41) is 34.7. The van der Waals surface area contributed by atoms with Crippen LogP contribution in [0.15, 0.2) is 91.0 Å². The predicted octanol–water partition coefficient (Wildman–Crippen LogP) is 6.60. The molecule has 0 aliphatic heterocycles. The van der Waals surface area contributed by atoms with E-state index in [9.17, 15) is 23.7 Å². The summed E-state index contributed by atoms with van der Waals surface area (Å²) in [5.74, 6) is 0.971. The van der Waals surface area contributed by atoms with Crippen LogP contribution in [-0.4, -0.2) is 73.2 Å². The van der Waals surface area contributed by atoms with Crippen LogP contribution in [0.3, 0.4) is 0 Å². The van der Waals surface area contributed by atoms with Crippen molar-refractivity contribution >= 4 is 15.7 Å². The highest BCUT2D eigenvalue weighted by atomic mass is 32.2. The molecule has 50 heavy (non-hydrogen) atoms. The molecule has 2 atom stereocenters. The monoisotopic (exact) mass is 703 g/mol. The first-order valence-electron chi connectivity index (χ1n) is 17.3. The molecule has 0 heterocycles. The third kappa shape index (κ3) is 11.8. The number of phenolic OH excluding ortho intramolecular Hbond substituents is 2. The maximum Gasteiger partial charge on any atom is 0.229 e. The SMILES string of the molecule is CC(C)N(CC[C@H](c1ccccc1)c1cc(CCOc2ccc(CCNCC(O)c3ccc(O)c(NS(C)(=O)=O)c3)cc2)ccc1O)C(C)C. The van der Waals surface area contributed by atoms with Gasteiger partial charge in [0.25, 0.3) is 0 Å². The van der Waals surface area contributed by atoms with Crippen LogP contribution in [0.4, 0.5) is 5.69 Å². The summed E-state index contributed by atoms with van der Waals surface area (Å²) in [6.07, 6.45) is 2.48. The van der Waals surface area contributed by atoms with Gasteiger partial charge >= 0.3 is 0 Å². The molecule has 0 aliphatic carbocycles. The van der Waals surface area contributed by atoms with Gasteiger partial charge in [0.1, 0.15) is 17.2 Å². The van der Waals surface area contributed by atoms with E-state index in [4.69, 9.17) is 4.74 Å². The van der Waals surface area contributed by atoms with E-state index in [0.29, 0.717) is 43.0 Å². The number of aliphatic hydroxyl groups excluding tert-OH is 1. The molecule has 0 amide bonds. The van der Waals surface area contributed by atoms with Gasteiger partial charge < -0.3 is 25.4 Å². The number of nitrogens with one attached hydrogen (secondary N) is 2. The molecule has 270 valence electrons. The number of nitrogens with zero attached hydrogens (tertiary/aromatic N) is 1. The fourth-order valence-electron chi connectivity index (χ4n) is 6.29. The van der Waals surface area contributed by atoms with Crippen LogP contribution in [0.2, 0.25) is 0 Å². The lowest BCUT2D eigenvalue weighted by Gasteiger charge is -2.32. The molecule has 5 N–H and O–H groups in total. The summed E-state index contributed by atoms with van der Waals surface area (Å²) in [6.45, 7) is 11.3. The van der Waals surface area contributed by atoms with Crippen LogP contribution in [0.5, 0.6) is 17.2 Å². The third-order valence-corrected chi connectivity index (χ3v) is 9.47. The number of sulfonamides is 1. The van der Waals surface area contributed by atoms with Crippen molar-refractivity contribution in [1.29, 1.82) is 0 Å². The molecule has 10 heteroatoms. The molecule has 0 radical (unpaired) electrons. The first-order chi connectivity index (χ1) is 23.8. The Labute approximate surface area is 298 Å². The van der Waals surface area contributed by atoms with Crippen molar-refractivity contribution in [3.63, 3.8) is 0 Å². The Hall–Kier alpha value is -4.09. The summed E-state index contributed by atoms with van der Waals surface area (Å²) in [5.41, 5.74) is 4.90. The minimum absolute atomic E-state index is 0.0294. The van der Waals surface area contributed by atoms with Crippen LogP contribution >= 0.6 is 0 Å². The fraction of sp³-hybridized carbons (Fsp3) is 0.400. The summed E-state index contributed by atoms with van der Waals surface area (Å²) in [7, 11) is -3.56. The molecule has 0 bridgehead atoms. The third-order valence-electron chi connectivity index (χ3n) is 8.88. The molecule has 0 aromatic heterocycles. The van der Waals surface area contributed by atoms with Gasteiger partial charge in [-0.05, 0) is 106 Å². The average Bonchev–Trinajstić information content (AvgIpc) is 3.07. The van der Waals surface area contributed by atoms with Gasteiger partial charge in [0, 0.05) is 36.5 Å². The van der Waals surface area contributed by atoms with Gasteiger partial charge in [0.15, 0.2) is 0 Å². The first-order valence-corrected chi connectivity index (χ1v) is 19.2. The summed E-state index contributed by atoms with van der Waals surface area (Å²) in [6, 6.07) is 29.5. The molecule has 0 aliphatic rings. The number of hydrogen-bond donors (Lipinski definition) is 5. The summed E-state index contributed by atoms with van der Waals surface area (Å²) in [4.78, 5) is 2.50. The van der Waals surface area contributed by atoms with Gasteiger partial charge in [-0.25, -0.2) is 8.42 Å². The Morgan fingerprint density at radius 1 is 0.780 bits per heavy atom. The fourth-order valence-corrected chi connectivity index (χ4v) is 6.85. The second-order valence-corrected chi connectivity index (χ2v) is 15.2. The quantitative estimate of drug-likeness (QED) is 0.0546. The lowest BCUT2D eigenvalue weighted by molar-refractivity contribution is 0.170. The maximum absolute atomic E-state index is 11.5. The van der Waals surface area contributed by atoms with Crippen molar-refractivity contribution in [2.75, 3.05) is 37.2 Å². The van der Waals surface area contributed by atoms with Crippen molar-refractivity contribution in [1.82, 2.24) is 10.2 Å². The van der Waals surface area contributed by atoms with Gasteiger partial charge in [0.2, 0.25) is 10.0 Å². The minimum atomic E-state index is -3.56. The van der Waals surface area contributed by atoms with E-state index in [1.807, 2.05) is 42.5 Å². The zero-order valence-electron chi connectivity index (χ0n) is 29.8. The van der Waals surface area contributed by atoms with E-state index in [1.54, 1.807) is 6.07 Å². The molecule has 1 unspecified atom stereocenters. The first kappa shape index (κ1) is 38.7. The van der Waals surface area contributed by atoms with Gasteiger partial charge in [-0.3, -0.25) is 9.62 Å². The molecule has 0 saturated heterocycles. The Morgan fingerprint density at radius 3 is 2.10 bits per heavy atom. The highest BCUT2D eigenvalue weighted by Crippen LogP contribution is 2.35. The second-order valence-electron chi connectivity index (χ2n) is 13.4. The van der Waals surface area contributed by atoms with E-state index in [-0.39, 0.29) is 23.9 Å². The van der Waals surface area contributed by atoms with Crippen LogP contribution in [0.25, 0.3) is 0 Å². The minimum Gasteiger partial charge on any atom is -0.508 e. The Balaban J connectivity index is 1.28. The molecular weight excluding hydrogens is 651 g/mol. The van der Waals surface area contributed by atoms with Crippen molar-refractivity contribution in [3.8, 4) is 17.2 Å². The van der Waals surface area contributed by atoms with Crippen molar-refractivity contribution < 1.29 is 28.5 Å². The van der Waals surface area contributed by atoms with Gasteiger partial charge in [-0.2, -0.15) is 0 Å². The van der Waals surface area contributed by atoms with E-state index >= 15 is 0 Å². The van der Waals surface area contributed by atoms with Gasteiger partial charge in [-0.15, -0.1) is 0 Å². The highest BCUT2D eigenvalue weighted by Gasteiger charge is 2.22. The number of benzene rings is 4. The molecule has 9 nitrogen and oxygen atoms in total. The lowest BCUT2D eigenvalue weighted by atomic mass is 9.86. The number of aromatic hydroxyl groups is 2. The largest absolute Gasteiger partial charge is 0.508 e. The van der Waals surface area contributed by atoms with Crippen LogP contribution in [-0.2, 0) is 22.9 Å². The number of phenols is 2. The normalized spacial score (nSPS) is 13.1. The van der Waals surface area contributed by atoms with E-state index in [0.717, 1.165) is 48.1 Å². The van der Waals surface area contributed by atoms with Crippen molar-refractivity contribution in [2.24, 2.45) is 0 Å². The molecule has 0 spiro atoms. The number of anilines is 1. The Bertz CT molecular complexity index is 1740. The number of rotatable bonds is 19. The molecule has 0 fully saturated rings. The molecule has 4 aromatic rings. The summed E-state index contributed by atoms with van der Waals surface area (Å²) < 4.78 is 31.4. The number of hydrogen-bond acceptors (Lipinski definition) is 8. The molecule has 4 rings (SSSR count). The Kier molecular flexibility index (Phi) is 14.1. The van der Waals surface area contributed by atoms with E-state index in [2.05, 4.69) is 73.0 Å². The molecule has 0 saturated carbocycles. The zero-order valence-corrected chi connectivity index (χ0v) is 30.7. The van der Waals surface area contributed by atoms with Crippen molar-refractivity contribution in [2.45, 2.75) is 71.1 Å². The predicted molar refractivity (Wildman–Crippen MR) is 202 cm³/mol. The average molecular weight is 704 g/mol. The topological polar surface area (TPSA) is 131 Å². The maximum atomic E-state index is 11.5. The lowest BCUT2D eigenvalue weighted by Crippen LogP contribution is -2.38. The van der Waals surface area contributed by atoms with E-state index in [1.165, 1.54) is 17.7 Å².